The summed E-state index contributed by atoms with van der Waals surface area (Å²) in [6.07, 6.45) is 3.51. The number of anilines is 1. The van der Waals surface area contributed by atoms with E-state index in [1.165, 1.54) is 0 Å². The lowest BCUT2D eigenvalue weighted by Gasteiger charge is -2.13. The maximum absolute atomic E-state index is 12.4. The first kappa shape index (κ1) is 16.7. The summed E-state index contributed by atoms with van der Waals surface area (Å²) in [6.45, 7) is 0.411. The third-order valence-electron chi connectivity index (χ3n) is 3.99. The fourth-order valence-electron chi connectivity index (χ4n) is 2.52. The highest BCUT2D eigenvalue weighted by atomic mass is 16.1. The minimum Gasteiger partial charge on any atom is -0.378 e. The highest BCUT2D eigenvalue weighted by Crippen LogP contribution is 2.18. The molecule has 0 aliphatic carbocycles. The topological polar surface area (TPSA) is 63.1 Å². The van der Waals surface area contributed by atoms with Crippen LogP contribution in [0.5, 0.6) is 0 Å². The highest BCUT2D eigenvalue weighted by molar-refractivity contribution is 5.95. The number of hydrogen-bond acceptors (Lipinski definition) is 4. The van der Waals surface area contributed by atoms with Crippen LogP contribution in [0.2, 0.25) is 0 Å². The molecule has 25 heavy (non-hydrogen) atoms. The number of benzene rings is 1. The van der Waals surface area contributed by atoms with E-state index in [1.54, 1.807) is 17.1 Å². The molecule has 0 saturated carbocycles. The van der Waals surface area contributed by atoms with E-state index in [2.05, 4.69) is 15.4 Å². The molecular formula is C19H21N5O. The molecule has 6 heteroatoms. The number of hydrogen-bond donors (Lipinski definition) is 1. The number of nitrogens with one attached hydrogen (secondary N) is 1. The summed E-state index contributed by atoms with van der Waals surface area (Å²) in [4.78, 5) is 18.5. The number of aryl methyl sites for hydroxylation is 1. The summed E-state index contributed by atoms with van der Waals surface area (Å²) >= 11 is 0. The van der Waals surface area contributed by atoms with Crippen molar-refractivity contribution in [1.29, 1.82) is 0 Å². The number of aromatic nitrogens is 3. The van der Waals surface area contributed by atoms with Gasteiger partial charge >= 0.3 is 0 Å². The molecule has 0 saturated heterocycles. The van der Waals surface area contributed by atoms with E-state index in [0.717, 1.165) is 22.6 Å². The Hall–Kier alpha value is -3.15. The molecular weight excluding hydrogens is 314 g/mol. The van der Waals surface area contributed by atoms with Crippen molar-refractivity contribution in [2.24, 2.45) is 7.05 Å². The Labute approximate surface area is 147 Å². The number of rotatable bonds is 5. The Balaban J connectivity index is 1.70. The van der Waals surface area contributed by atoms with Gasteiger partial charge in [0.2, 0.25) is 0 Å². The van der Waals surface area contributed by atoms with E-state index in [1.807, 2.05) is 68.5 Å². The first-order chi connectivity index (χ1) is 12.0. The molecule has 128 valence electrons. The molecule has 3 aromatic rings. The Kier molecular flexibility index (Phi) is 4.79. The van der Waals surface area contributed by atoms with Crippen LogP contribution in [0.3, 0.4) is 0 Å². The summed E-state index contributed by atoms with van der Waals surface area (Å²) in [5.74, 6) is -0.104. The van der Waals surface area contributed by atoms with Gasteiger partial charge in [-0.3, -0.25) is 14.5 Å². The van der Waals surface area contributed by atoms with Gasteiger partial charge in [0, 0.05) is 50.4 Å². The van der Waals surface area contributed by atoms with E-state index >= 15 is 0 Å². The van der Waals surface area contributed by atoms with Crippen molar-refractivity contribution < 1.29 is 4.79 Å². The predicted octanol–water partition coefficient (Wildman–Crippen LogP) is 2.48. The normalized spacial score (nSPS) is 10.5. The Bertz CT molecular complexity index is 871. The van der Waals surface area contributed by atoms with E-state index in [4.69, 9.17) is 0 Å². The zero-order valence-electron chi connectivity index (χ0n) is 14.6. The molecule has 0 unspecified atom stereocenters. The molecule has 3 rings (SSSR count). The third kappa shape index (κ3) is 3.85. The van der Waals surface area contributed by atoms with Crippen LogP contribution in [0.15, 0.2) is 54.9 Å². The Morgan fingerprint density at radius 3 is 2.76 bits per heavy atom. The van der Waals surface area contributed by atoms with Crippen molar-refractivity contribution in [3.8, 4) is 11.3 Å². The summed E-state index contributed by atoms with van der Waals surface area (Å²) in [5.41, 5.74) is 4.35. The van der Waals surface area contributed by atoms with Crippen LogP contribution >= 0.6 is 0 Å². The summed E-state index contributed by atoms with van der Waals surface area (Å²) < 4.78 is 1.78. The summed E-state index contributed by atoms with van der Waals surface area (Å²) in [6, 6.07) is 13.3. The average molecular weight is 335 g/mol. The minimum absolute atomic E-state index is 0.104. The van der Waals surface area contributed by atoms with Crippen LogP contribution < -0.4 is 10.2 Å². The van der Waals surface area contributed by atoms with Crippen molar-refractivity contribution >= 4 is 11.6 Å². The zero-order chi connectivity index (χ0) is 17.8. The molecule has 2 aromatic heterocycles. The lowest BCUT2D eigenvalue weighted by molar-refractivity contribution is 0.0950. The van der Waals surface area contributed by atoms with Crippen molar-refractivity contribution in [2.75, 3.05) is 19.0 Å². The average Bonchev–Trinajstić information content (AvgIpc) is 3.01. The number of carbonyl (C=O) groups is 1. The molecule has 0 atom stereocenters. The number of amides is 1. The van der Waals surface area contributed by atoms with Gasteiger partial charge in [0.25, 0.3) is 5.91 Å². The molecule has 0 radical (unpaired) electrons. The second-order valence-electron chi connectivity index (χ2n) is 6.01. The second-order valence-corrected chi connectivity index (χ2v) is 6.01. The van der Waals surface area contributed by atoms with E-state index < -0.39 is 0 Å². The van der Waals surface area contributed by atoms with Gasteiger partial charge in [0.05, 0.1) is 17.9 Å². The molecule has 0 fully saturated rings. The van der Waals surface area contributed by atoms with Crippen LogP contribution in [0, 0.1) is 0 Å². The van der Waals surface area contributed by atoms with E-state index in [0.29, 0.717) is 12.1 Å². The largest absolute Gasteiger partial charge is 0.378 e. The highest BCUT2D eigenvalue weighted by Gasteiger charge is 2.10. The standard InChI is InChI=1S/C19H21N5O/c1-23(2)16-8-4-6-14(10-16)19(25)21-13-17-11-18(22-24(17)3)15-7-5-9-20-12-15/h4-12H,13H2,1-3H3,(H,21,25). The minimum atomic E-state index is -0.104. The zero-order valence-corrected chi connectivity index (χ0v) is 14.6. The molecule has 1 amide bonds. The predicted molar refractivity (Wildman–Crippen MR) is 98.4 cm³/mol. The number of carbonyl (C=O) groups excluding carboxylic acids is 1. The maximum Gasteiger partial charge on any atom is 0.251 e. The summed E-state index contributed by atoms with van der Waals surface area (Å²) in [5, 5.41) is 7.44. The van der Waals surface area contributed by atoms with Gasteiger partial charge < -0.3 is 10.2 Å². The molecule has 2 heterocycles. The van der Waals surface area contributed by atoms with Crippen LogP contribution in [-0.2, 0) is 13.6 Å². The van der Waals surface area contributed by atoms with Gasteiger partial charge in [-0.05, 0) is 36.4 Å². The smallest absolute Gasteiger partial charge is 0.251 e. The van der Waals surface area contributed by atoms with E-state index in [-0.39, 0.29) is 5.91 Å². The molecule has 6 nitrogen and oxygen atoms in total. The number of pyridine rings is 1. The fraction of sp³-hybridized carbons (Fsp3) is 0.211. The second kappa shape index (κ2) is 7.17. The lowest BCUT2D eigenvalue weighted by Crippen LogP contribution is -2.24. The van der Waals surface area contributed by atoms with Crippen LogP contribution in [0.1, 0.15) is 16.1 Å². The van der Waals surface area contributed by atoms with Gasteiger partial charge in [-0.1, -0.05) is 6.07 Å². The number of nitrogens with zero attached hydrogens (tertiary/aromatic N) is 4. The van der Waals surface area contributed by atoms with Gasteiger partial charge in [-0.25, -0.2) is 0 Å². The molecule has 1 aromatic carbocycles. The first-order valence-electron chi connectivity index (χ1n) is 8.03. The van der Waals surface area contributed by atoms with Gasteiger partial charge in [-0.15, -0.1) is 0 Å². The van der Waals surface area contributed by atoms with E-state index in [9.17, 15) is 4.79 Å². The lowest BCUT2D eigenvalue weighted by atomic mass is 10.1. The first-order valence-corrected chi connectivity index (χ1v) is 8.03. The van der Waals surface area contributed by atoms with Gasteiger partial charge in [-0.2, -0.15) is 5.10 Å². The van der Waals surface area contributed by atoms with Crippen LogP contribution in [-0.4, -0.2) is 34.8 Å². The van der Waals surface area contributed by atoms with Crippen molar-refractivity contribution in [1.82, 2.24) is 20.1 Å². The SMILES string of the molecule is CN(C)c1cccc(C(=O)NCc2cc(-c3cccnc3)nn2C)c1. The molecule has 1 N–H and O–H groups in total. The monoisotopic (exact) mass is 335 g/mol. The Morgan fingerprint density at radius 1 is 1.20 bits per heavy atom. The van der Waals surface area contributed by atoms with Crippen molar-refractivity contribution in [3.63, 3.8) is 0 Å². The third-order valence-corrected chi connectivity index (χ3v) is 3.99. The molecule has 0 aliphatic rings. The molecule has 0 bridgehead atoms. The van der Waals surface area contributed by atoms with Crippen LogP contribution in [0.25, 0.3) is 11.3 Å². The summed E-state index contributed by atoms with van der Waals surface area (Å²) in [7, 11) is 5.77. The molecule has 0 spiro atoms. The quantitative estimate of drug-likeness (QED) is 0.778. The van der Waals surface area contributed by atoms with Gasteiger partial charge in [0.15, 0.2) is 0 Å². The Morgan fingerprint density at radius 2 is 2.04 bits per heavy atom. The molecule has 0 aliphatic heterocycles. The fourth-order valence-corrected chi connectivity index (χ4v) is 2.52. The van der Waals surface area contributed by atoms with Gasteiger partial charge in [0.1, 0.15) is 0 Å². The van der Waals surface area contributed by atoms with Crippen molar-refractivity contribution in [2.45, 2.75) is 6.54 Å². The van der Waals surface area contributed by atoms with Crippen molar-refractivity contribution in [3.05, 3.63) is 66.1 Å². The maximum atomic E-state index is 12.4. The van der Waals surface area contributed by atoms with Crippen LogP contribution in [0.4, 0.5) is 5.69 Å².